The van der Waals surface area contributed by atoms with Crippen LogP contribution in [0.15, 0.2) is 0 Å². The lowest BCUT2D eigenvalue weighted by atomic mass is 9.80. The van der Waals surface area contributed by atoms with Gasteiger partial charge >= 0.3 is 5.97 Å². The third-order valence-electron chi connectivity index (χ3n) is 2.06. The number of methoxy groups -OCH3 is 1. The second-order valence-corrected chi connectivity index (χ2v) is 3.49. The van der Waals surface area contributed by atoms with Crippen LogP contribution in [0.2, 0.25) is 0 Å². The van der Waals surface area contributed by atoms with Crippen molar-refractivity contribution in [1.29, 1.82) is 5.26 Å². The van der Waals surface area contributed by atoms with Gasteiger partial charge in [0.1, 0.15) is 0 Å². The van der Waals surface area contributed by atoms with E-state index in [0.29, 0.717) is 0 Å². The van der Waals surface area contributed by atoms with Crippen LogP contribution in [-0.2, 0) is 9.53 Å². The summed E-state index contributed by atoms with van der Waals surface area (Å²) in [7, 11) is 1.20. The number of rotatable bonds is 3. The minimum absolute atomic E-state index is 0.163. The van der Waals surface area contributed by atoms with Crippen LogP contribution >= 0.6 is 0 Å². The average molecular weight is 185 g/mol. The topological polar surface area (TPSA) is 70.3 Å². The number of aliphatic hydroxyl groups excluding tert-OH is 1. The highest BCUT2D eigenvalue weighted by molar-refractivity contribution is 5.80. The Morgan fingerprint density at radius 1 is 1.62 bits per heavy atom. The predicted octanol–water partition coefficient (Wildman–Crippen LogP) is 0.706. The fourth-order valence-electron chi connectivity index (χ4n) is 1.11. The van der Waals surface area contributed by atoms with Gasteiger partial charge in [-0.2, -0.15) is 5.26 Å². The van der Waals surface area contributed by atoms with Crippen molar-refractivity contribution in [3.05, 3.63) is 0 Å². The second-order valence-electron chi connectivity index (χ2n) is 3.49. The van der Waals surface area contributed by atoms with Gasteiger partial charge < -0.3 is 9.84 Å². The van der Waals surface area contributed by atoms with Crippen molar-refractivity contribution in [3.8, 4) is 6.07 Å². The molecule has 0 aliphatic heterocycles. The summed E-state index contributed by atoms with van der Waals surface area (Å²) in [5.74, 6) is -0.861. The molecule has 0 spiro atoms. The molecule has 0 heterocycles. The first-order valence-corrected chi connectivity index (χ1v) is 4.08. The van der Waals surface area contributed by atoms with Crippen LogP contribution in [0.25, 0.3) is 0 Å². The third-order valence-corrected chi connectivity index (χ3v) is 2.06. The molecule has 0 fully saturated rings. The lowest BCUT2D eigenvalue weighted by Crippen LogP contribution is -2.42. The van der Waals surface area contributed by atoms with Gasteiger partial charge in [-0.15, -0.1) is 0 Å². The van der Waals surface area contributed by atoms with Crippen LogP contribution in [0, 0.1) is 22.7 Å². The predicted molar refractivity (Wildman–Crippen MR) is 46.6 cm³/mol. The fraction of sp³-hybridized carbons (Fsp3) is 0.778. The molecule has 4 nitrogen and oxygen atoms in total. The van der Waals surface area contributed by atoms with Gasteiger partial charge in [0, 0.05) is 0 Å². The van der Waals surface area contributed by atoms with E-state index in [2.05, 4.69) is 4.74 Å². The zero-order valence-electron chi connectivity index (χ0n) is 8.37. The molecular weight excluding hydrogens is 170 g/mol. The smallest absolute Gasteiger partial charge is 0.328 e. The van der Waals surface area contributed by atoms with Crippen molar-refractivity contribution in [2.24, 2.45) is 11.3 Å². The van der Waals surface area contributed by atoms with E-state index in [1.54, 1.807) is 19.9 Å². The number of aliphatic hydroxyl groups is 1. The number of hydrogen-bond acceptors (Lipinski definition) is 4. The van der Waals surface area contributed by atoms with Crippen LogP contribution in [0.1, 0.15) is 20.8 Å². The molecule has 4 heteroatoms. The minimum Gasteiger partial charge on any atom is -0.468 e. The van der Waals surface area contributed by atoms with Crippen LogP contribution in [0.3, 0.4) is 0 Å². The van der Waals surface area contributed by atoms with Gasteiger partial charge in [-0.05, 0) is 12.8 Å². The summed E-state index contributed by atoms with van der Waals surface area (Å²) >= 11 is 0. The van der Waals surface area contributed by atoms with Crippen LogP contribution < -0.4 is 0 Å². The maximum absolute atomic E-state index is 11.2. The summed E-state index contributed by atoms with van der Waals surface area (Å²) < 4.78 is 4.46. The van der Waals surface area contributed by atoms with Gasteiger partial charge in [-0.25, -0.2) is 0 Å². The van der Waals surface area contributed by atoms with E-state index >= 15 is 0 Å². The Balaban J connectivity index is 4.86. The SMILES string of the molecule is COC(=O)[C@@](C)(C#N)[C@H](O)C(C)C. The Kier molecular flexibility index (Phi) is 3.89. The molecule has 0 amide bonds. The zero-order chi connectivity index (χ0) is 10.6. The Hall–Kier alpha value is -1.08. The highest BCUT2D eigenvalue weighted by Gasteiger charge is 2.43. The summed E-state index contributed by atoms with van der Waals surface area (Å²) in [4.78, 5) is 11.2. The number of nitriles is 1. The number of carbonyl (C=O) groups excluding carboxylic acids is 1. The zero-order valence-corrected chi connectivity index (χ0v) is 8.37. The Labute approximate surface area is 78.1 Å². The molecule has 0 aliphatic rings. The molecule has 0 saturated carbocycles. The van der Waals surface area contributed by atoms with E-state index in [0.717, 1.165) is 0 Å². The molecule has 0 aromatic rings. The van der Waals surface area contributed by atoms with Gasteiger partial charge in [0.15, 0.2) is 5.41 Å². The van der Waals surface area contributed by atoms with E-state index in [9.17, 15) is 9.90 Å². The number of carbonyl (C=O) groups is 1. The van der Waals surface area contributed by atoms with E-state index in [-0.39, 0.29) is 5.92 Å². The first-order chi connectivity index (χ1) is 5.90. The van der Waals surface area contributed by atoms with Gasteiger partial charge in [-0.1, -0.05) is 13.8 Å². The van der Waals surface area contributed by atoms with Crippen LogP contribution in [-0.4, -0.2) is 24.3 Å². The second kappa shape index (κ2) is 4.24. The van der Waals surface area contributed by atoms with E-state index < -0.39 is 17.5 Å². The number of nitrogens with zero attached hydrogens (tertiary/aromatic N) is 1. The highest BCUT2D eigenvalue weighted by atomic mass is 16.5. The Morgan fingerprint density at radius 3 is 2.31 bits per heavy atom. The molecule has 0 unspecified atom stereocenters. The van der Waals surface area contributed by atoms with Gasteiger partial charge in [0.2, 0.25) is 0 Å². The van der Waals surface area contributed by atoms with Gasteiger partial charge in [0.05, 0.1) is 19.3 Å². The van der Waals surface area contributed by atoms with Crippen molar-refractivity contribution in [3.63, 3.8) is 0 Å². The lowest BCUT2D eigenvalue weighted by Gasteiger charge is -2.27. The third kappa shape index (κ3) is 2.19. The normalized spacial score (nSPS) is 17.3. The van der Waals surface area contributed by atoms with Gasteiger partial charge in [0.25, 0.3) is 0 Å². The molecule has 0 saturated heterocycles. The van der Waals surface area contributed by atoms with Crippen molar-refractivity contribution in [2.45, 2.75) is 26.9 Å². The molecule has 74 valence electrons. The summed E-state index contributed by atoms with van der Waals surface area (Å²) in [6, 6.07) is 1.79. The number of hydrogen-bond donors (Lipinski definition) is 1. The fourth-order valence-corrected chi connectivity index (χ4v) is 1.11. The van der Waals surface area contributed by atoms with E-state index in [1.807, 2.05) is 0 Å². The van der Waals surface area contributed by atoms with Crippen molar-refractivity contribution >= 4 is 5.97 Å². The monoisotopic (exact) mass is 185 g/mol. The molecule has 0 aliphatic carbocycles. The van der Waals surface area contributed by atoms with Crippen molar-refractivity contribution < 1.29 is 14.6 Å². The molecule has 0 rings (SSSR count). The van der Waals surface area contributed by atoms with Gasteiger partial charge in [-0.3, -0.25) is 4.79 Å². The van der Waals surface area contributed by atoms with Crippen LogP contribution in [0.5, 0.6) is 0 Å². The largest absolute Gasteiger partial charge is 0.468 e. The van der Waals surface area contributed by atoms with E-state index in [4.69, 9.17) is 5.26 Å². The molecule has 13 heavy (non-hydrogen) atoms. The summed E-state index contributed by atoms with van der Waals surface area (Å²) in [6.45, 7) is 4.86. The Morgan fingerprint density at radius 2 is 2.08 bits per heavy atom. The molecule has 1 N–H and O–H groups in total. The van der Waals surface area contributed by atoms with Crippen molar-refractivity contribution in [1.82, 2.24) is 0 Å². The number of esters is 1. The molecule has 0 bridgehead atoms. The standard InChI is InChI=1S/C9H15NO3/c1-6(2)7(11)9(3,5-10)8(12)13-4/h6-7,11H,1-4H3/t7-,9+/m1/s1. The quantitative estimate of drug-likeness (QED) is 0.657. The highest BCUT2D eigenvalue weighted by Crippen LogP contribution is 2.27. The molecule has 0 aromatic carbocycles. The van der Waals surface area contributed by atoms with Crippen LogP contribution in [0.4, 0.5) is 0 Å². The minimum atomic E-state index is -1.47. The number of ether oxygens (including phenoxy) is 1. The van der Waals surface area contributed by atoms with Crippen molar-refractivity contribution in [2.75, 3.05) is 7.11 Å². The summed E-state index contributed by atoms with van der Waals surface area (Å²) in [5.41, 5.74) is -1.47. The Bertz CT molecular complexity index is 232. The average Bonchev–Trinajstić information content (AvgIpc) is 2.13. The maximum Gasteiger partial charge on any atom is 0.328 e. The summed E-state index contributed by atoms with van der Waals surface area (Å²) in [6.07, 6.45) is -1.01. The molecule has 0 aromatic heterocycles. The van der Waals surface area contributed by atoms with E-state index in [1.165, 1.54) is 14.0 Å². The first-order valence-electron chi connectivity index (χ1n) is 4.08. The first kappa shape index (κ1) is 11.9. The molecule has 0 radical (unpaired) electrons. The molecule has 2 atom stereocenters. The summed E-state index contributed by atoms with van der Waals surface area (Å²) in [5, 5.41) is 18.4. The lowest BCUT2D eigenvalue weighted by molar-refractivity contribution is -0.155. The maximum atomic E-state index is 11.2. The molecular formula is C9H15NO3.